The highest BCUT2D eigenvalue weighted by Crippen LogP contribution is 2.38. The van der Waals surface area contributed by atoms with Crippen LogP contribution in [0.1, 0.15) is 13.3 Å². The minimum Gasteiger partial charge on any atom is -0.424 e. The van der Waals surface area contributed by atoms with Crippen molar-refractivity contribution in [1.82, 2.24) is 4.90 Å². The Bertz CT molecular complexity index is 516. The number of aliphatic imine (C=N–C) groups is 1. The van der Waals surface area contributed by atoms with Crippen molar-refractivity contribution in [3.05, 3.63) is 16.8 Å². The van der Waals surface area contributed by atoms with Crippen LogP contribution in [-0.4, -0.2) is 31.3 Å². The second kappa shape index (κ2) is 7.96. The molecular formula is C12H13I3N2O2. The van der Waals surface area contributed by atoms with E-state index in [9.17, 15) is 4.79 Å². The molecule has 0 aliphatic heterocycles. The average Bonchev–Trinajstić information content (AvgIpc) is 2.33. The molecule has 104 valence electrons. The van der Waals surface area contributed by atoms with E-state index in [1.807, 2.05) is 25.1 Å². The van der Waals surface area contributed by atoms with E-state index in [1.54, 1.807) is 13.3 Å². The number of ether oxygens (including phenoxy) is 1. The van der Waals surface area contributed by atoms with Crippen molar-refractivity contribution >= 4 is 85.8 Å². The predicted octanol–water partition coefficient (Wildman–Crippen LogP) is 4.04. The fraction of sp³-hybridized carbons (Fsp3) is 0.333. The lowest BCUT2D eigenvalue weighted by atomic mass is 10.3. The standard InChI is InChI=1S/C12H13I3N2O2/c1-4-9(18)19-12-8(14)5-7(13)11(10(12)15)16-6-17(2)3/h5-6H,4H2,1-3H3. The Labute approximate surface area is 153 Å². The lowest BCUT2D eigenvalue weighted by Gasteiger charge is -2.12. The highest BCUT2D eigenvalue weighted by molar-refractivity contribution is 14.1. The van der Waals surface area contributed by atoms with Gasteiger partial charge in [-0.2, -0.15) is 0 Å². The minimum absolute atomic E-state index is 0.237. The molecule has 7 heteroatoms. The van der Waals surface area contributed by atoms with Crippen molar-refractivity contribution in [2.75, 3.05) is 14.1 Å². The van der Waals surface area contributed by atoms with Gasteiger partial charge in [0.15, 0.2) is 5.75 Å². The fourth-order valence-electron chi connectivity index (χ4n) is 1.13. The number of nitrogens with zero attached hydrogens (tertiary/aromatic N) is 2. The molecule has 4 nitrogen and oxygen atoms in total. The molecule has 0 fully saturated rings. The van der Waals surface area contributed by atoms with Crippen molar-refractivity contribution in [3.63, 3.8) is 0 Å². The number of esters is 1. The summed E-state index contributed by atoms with van der Waals surface area (Å²) in [4.78, 5) is 17.8. The number of halogens is 3. The van der Waals surface area contributed by atoms with Crippen molar-refractivity contribution in [1.29, 1.82) is 0 Å². The third-order valence-corrected chi connectivity index (χ3v) is 4.65. The van der Waals surface area contributed by atoms with Gasteiger partial charge < -0.3 is 9.64 Å². The second-order valence-electron chi connectivity index (χ2n) is 3.87. The second-order valence-corrected chi connectivity index (χ2v) is 7.27. The fourth-order valence-corrected chi connectivity index (χ4v) is 5.00. The van der Waals surface area contributed by atoms with Gasteiger partial charge in [-0.25, -0.2) is 4.99 Å². The summed E-state index contributed by atoms with van der Waals surface area (Å²) in [7, 11) is 3.82. The Morgan fingerprint density at radius 2 is 2.00 bits per heavy atom. The Balaban J connectivity index is 3.26. The Hall–Kier alpha value is 0.350. The van der Waals surface area contributed by atoms with E-state index in [-0.39, 0.29) is 5.97 Å². The molecule has 0 unspecified atom stereocenters. The van der Waals surface area contributed by atoms with Crippen LogP contribution in [0.2, 0.25) is 0 Å². The molecule has 0 radical (unpaired) electrons. The van der Waals surface area contributed by atoms with Crippen molar-refractivity contribution in [2.24, 2.45) is 4.99 Å². The first-order valence-corrected chi connectivity index (χ1v) is 8.69. The quantitative estimate of drug-likeness (QED) is 0.173. The maximum Gasteiger partial charge on any atom is 0.310 e. The predicted molar refractivity (Wildman–Crippen MR) is 102 cm³/mol. The summed E-state index contributed by atoms with van der Waals surface area (Å²) >= 11 is 6.58. The van der Waals surface area contributed by atoms with Gasteiger partial charge in [0.25, 0.3) is 0 Å². The van der Waals surface area contributed by atoms with E-state index in [0.29, 0.717) is 12.2 Å². The van der Waals surface area contributed by atoms with Crippen LogP contribution in [0, 0.1) is 10.7 Å². The van der Waals surface area contributed by atoms with E-state index in [0.717, 1.165) is 16.4 Å². The van der Waals surface area contributed by atoms with Gasteiger partial charge in [0.05, 0.1) is 19.2 Å². The van der Waals surface area contributed by atoms with E-state index in [2.05, 4.69) is 72.8 Å². The monoisotopic (exact) mass is 598 g/mol. The Kier molecular flexibility index (Phi) is 7.29. The SMILES string of the molecule is CCC(=O)Oc1c(I)cc(I)c(N=CN(C)C)c1I. The molecule has 0 bridgehead atoms. The van der Waals surface area contributed by atoms with Gasteiger partial charge in [-0.05, 0) is 73.8 Å². The molecule has 19 heavy (non-hydrogen) atoms. The van der Waals surface area contributed by atoms with Gasteiger partial charge in [0, 0.05) is 24.1 Å². The molecule has 1 aromatic rings. The normalized spacial score (nSPS) is 10.8. The Morgan fingerprint density at radius 1 is 1.37 bits per heavy atom. The number of hydrogen-bond acceptors (Lipinski definition) is 3. The van der Waals surface area contributed by atoms with Gasteiger partial charge in [0.1, 0.15) is 0 Å². The van der Waals surface area contributed by atoms with Crippen LogP contribution in [-0.2, 0) is 4.79 Å². The molecule has 0 aliphatic rings. The van der Waals surface area contributed by atoms with Crippen molar-refractivity contribution < 1.29 is 9.53 Å². The Morgan fingerprint density at radius 3 is 2.53 bits per heavy atom. The number of carbonyl (C=O) groups is 1. The smallest absolute Gasteiger partial charge is 0.310 e. The highest BCUT2D eigenvalue weighted by atomic mass is 127. The lowest BCUT2D eigenvalue weighted by molar-refractivity contribution is -0.134. The van der Waals surface area contributed by atoms with Crippen molar-refractivity contribution in [2.45, 2.75) is 13.3 Å². The summed E-state index contributed by atoms with van der Waals surface area (Å²) in [6.07, 6.45) is 2.09. The molecule has 0 amide bonds. The van der Waals surface area contributed by atoms with Crippen LogP contribution >= 0.6 is 67.8 Å². The van der Waals surface area contributed by atoms with Gasteiger partial charge in [-0.15, -0.1) is 0 Å². The zero-order valence-corrected chi connectivity index (χ0v) is 17.2. The molecule has 1 aromatic carbocycles. The number of hydrogen-bond donors (Lipinski definition) is 0. The van der Waals surface area contributed by atoms with Crippen LogP contribution in [0.3, 0.4) is 0 Å². The molecule has 0 spiro atoms. The third-order valence-electron chi connectivity index (χ3n) is 2.03. The third kappa shape index (κ3) is 4.99. The lowest BCUT2D eigenvalue weighted by Crippen LogP contribution is -2.09. The van der Waals surface area contributed by atoms with E-state index in [4.69, 9.17) is 4.74 Å². The minimum atomic E-state index is -0.237. The molecule has 0 saturated carbocycles. The van der Waals surface area contributed by atoms with Crippen LogP contribution in [0.5, 0.6) is 5.75 Å². The van der Waals surface area contributed by atoms with E-state index >= 15 is 0 Å². The van der Waals surface area contributed by atoms with Gasteiger partial charge in [-0.3, -0.25) is 4.79 Å². The summed E-state index contributed by atoms with van der Waals surface area (Å²) in [6, 6.07) is 1.96. The zero-order chi connectivity index (χ0) is 14.6. The molecule has 0 atom stereocenters. The maximum absolute atomic E-state index is 11.5. The number of benzene rings is 1. The summed E-state index contributed by atoms with van der Waals surface area (Å²) in [6.45, 7) is 1.78. The van der Waals surface area contributed by atoms with Crippen LogP contribution in [0.15, 0.2) is 11.1 Å². The summed E-state index contributed by atoms with van der Waals surface area (Å²) in [5.74, 6) is 0.360. The van der Waals surface area contributed by atoms with E-state index < -0.39 is 0 Å². The molecule has 0 saturated heterocycles. The molecule has 0 aliphatic carbocycles. The zero-order valence-electron chi connectivity index (χ0n) is 10.7. The topological polar surface area (TPSA) is 41.9 Å². The van der Waals surface area contributed by atoms with Gasteiger partial charge in [-0.1, -0.05) is 6.92 Å². The average molecular weight is 598 g/mol. The molecule has 0 aromatic heterocycles. The molecule has 0 N–H and O–H groups in total. The molecule has 0 heterocycles. The summed E-state index contributed by atoms with van der Waals surface area (Å²) < 4.78 is 8.18. The van der Waals surface area contributed by atoms with Crippen LogP contribution in [0.4, 0.5) is 5.69 Å². The number of carbonyl (C=O) groups excluding carboxylic acids is 1. The first-order chi connectivity index (χ1) is 8.86. The summed E-state index contributed by atoms with van der Waals surface area (Å²) in [5.41, 5.74) is 0.828. The van der Waals surface area contributed by atoms with Gasteiger partial charge >= 0.3 is 5.97 Å². The largest absolute Gasteiger partial charge is 0.424 e. The number of rotatable bonds is 4. The van der Waals surface area contributed by atoms with Crippen molar-refractivity contribution in [3.8, 4) is 5.75 Å². The van der Waals surface area contributed by atoms with E-state index in [1.165, 1.54) is 0 Å². The maximum atomic E-state index is 11.5. The first kappa shape index (κ1) is 17.4. The van der Waals surface area contributed by atoms with Crippen LogP contribution in [0.25, 0.3) is 0 Å². The first-order valence-electron chi connectivity index (χ1n) is 5.45. The van der Waals surface area contributed by atoms with Crippen LogP contribution < -0.4 is 4.74 Å². The molecule has 1 rings (SSSR count). The van der Waals surface area contributed by atoms with Gasteiger partial charge in [0.2, 0.25) is 0 Å². The molecular weight excluding hydrogens is 585 g/mol. The summed E-state index contributed by atoms with van der Waals surface area (Å²) in [5, 5.41) is 0. The highest BCUT2D eigenvalue weighted by Gasteiger charge is 2.17.